The summed E-state index contributed by atoms with van der Waals surface area (Å²) in [6.07, 6.45) is 0.890. The summed E-state index contributed by atoms with van der Waals surface area (Å²) in [7, 11) is 0. The van der Waals surface area contributed by atoms with Gasteiger partial charge in [-0.25, -0.2) is 0 Å². The van der Waals surface area contributed by atoms with Crippen LogP contribution in [0.1, 0.15) is 18.9 Å². The Balaban J connectivity index is 1.93. The third-order valence-electron chi connectivity index (χ3n) is 3.29. The van der Waals surface area contributed by atoms with Crippen LogP contribution < -0.4 is 16.4 Å². The average molecular weight is 261 g/mol. The number of fused-ring (bicyclic) bond motifs is 1. The van der Waals surface area contributed by atoms with Crippen molar-refractivity contribution in [2.24, 2.45) is 11.7 Å². The molecule has 1 aliphatic rings. The van der Waals surface area contributed by atoms with Crippen molar-refractivity contribution in [1.82, 2.24) is 5.32 Å². The van der Waals surface area contributed by atoms with Gasteiger partial charge in [0.15, 0.2) is 0 Å². The monoisotopic (exact) mass is 261 g/mol. The van der Waals surface area contributed by atoms with E-state index in [2.05, 4.69) is 10.6 Å². The third-order valence-corrected chi connectivity index (χ3v) is 3.29. The van der Waals surface area contributed by atoms with Crippen molar-refractivity contribution < 1.29 is 9.59 Å². The van der Waals surface area contributed by atoms with E-state index in [0.717, 1.165) is 17.7 Å². The van der Waals surface area contributed by atoms with Gasteiger partial charge >= 0.3 is 0 Å². The number of para-hydroxylation sites is 1. The molecule has 0 aliphatic carbocycles. The first-order valence-corrected chi connectivity index (χ1v) is 6.46. The minimum absolute atomic E-state index is 0.0317. The topological polar surface area (TPSA) is 84.2 Å². The molecule has 1 aromatic carbocycles. The molecule has 1 aromatic rings. The van der Waals surface area contributed by atoms with Gasteiger partial charge < -0.3 is 16.4 Å². The Bertz CT molecular complexity index is 487. The molecule has 0 fully saturated rings. The normalized spacial score (nSPS) is 18.9. The molecule has 1 aliphatic heterocycles. The summed E-state index contributed by atoms with van der Waals surface area (Å²) in [6, 6.07) is 7.76. The van der Waals surface area contributed by atoms with Crippen molar-refractivity contribution in [3.8, 4) is 0 Å². The summed E-state index contributed by atoms with van der Waals surface area (Å²) < 4.78 is 0. The average Bonchev–Trinajstić information content (AvgIpc) is 2.37. The van der Waals surface area contributed by atoms with Gasteiger partial charge in [-0.15, -0.1) is 0 Å². The molecular weight excluding hydrogens is 242 g/mol. The molecule has 102 valence electrons. The second-order valence-electron chi connectivity index (χ2n) is 5.02. The SMILES string of the molecule is CC(CC(N)=O)NC(=O)C1CNc2ccccc2C1. The maximum absolute atomic E-state index is 12.1. The number of rotatable bonds is 4. The minimum atomic E-state index is -0.403. The van der Waals surface area contributed by atoms with Crippen molar-refractivity contribution in [2.45, 2.75) is 25.8 Å². The lowest BCUT2D eigenvalue weighted by Gasteiger charge is -2.26. The quantitative estimate of drug-likeness (QED) is 0.744. The van der Waals surface area contributed by atoms with E-state index in [1.165, 1.54) is 0 Å². The summed E-state index contributed by atoms with van der Waals surface area (Å²) in [5, 5.41) is 6.09. The number of hydrogen-bond donors (Lipinski definition) is 3. The number of anilines is 1. The Kier molecular flexibility index (Phi) is 4.04. The minimum Gasteiger partial charge on any atom is -0.384 e. The first-order chi connectivity index (χ1) is 9.06. The van der Waals surface area contributed by atoms with E-state index in [1.54, 1.807) is 6.92 Å². The maximum atomic E-state index is 12.1. The Hall–Kier alpha value is -2.04. The standard InChI is InChI=1S/C14H19N3O2/c1-9(6-13(15)18)17-14(19)11-7-10-4-2-3-5-12(10)16-8-11/h2-5,9,11,16H,6-8H2,1H3,(H2,15,18)(H,17,19). The molecule has 5 heteroatoms. The van der Waals surface area contributed by atoms with Gasteiger partial charge in [-0.1, -0.05) is 18.2 Å². The van der Waals surface area contributed by atoms with Crippen molar-refractivity contribution in [1.29, 1.82) is 0 Å². The van der Waals surface area contributed by atoms with Gasteiger partial charge in [0.25, 0.3) is 0 Å². The van der Waals surface area contributed by atoms with Crippen LogP contribution in [0.3, 0.4) is 0 Å². The van der Waals surface area contributed by atoms with Crippen molar-refractivity contribution in [2.75, 3.05) is 11.9 Å². The highest BCUT2D eigenvalue weighted by atomic mass is 16.2. The van der Waals surface area contributed by atoms with Crippen LogP contribution >= 0.6 is 0 Å². The van der Waals surface area contributed by atoms with E-state index >= 15 is 0 Å². The number of primary amides is 1. The molecule has 1 heterocycles. The van der Waals surface area contributed by atoms with Crippen LogP contribution in [0.2, 0.25) is 0 Å². The highest BCUT2D eigenvalue weighted by Crippen LogP contribution is 2.24. The fraction of sp³-hybridized carbons (Fsp3) is 0.429. The van der Waals surface area contributed by atoms with Crippen LogP contribution in [0, 0.1) is 5.92 Å². The van der Waals surface area contributed by atoms with E-state index in [4.69, 9.17) is 5.73 Å². The first-order valence-electron chi connectivity index (χ1n) is 6.46. The summed E-state index contributed by atoms with van der Waals surface area (Å²) in [6.45, 7) is 2.40. The van der Waals surface area contributed by atoms with Gasteiger partial charge in [-0.3, -0.25) is 9.59 Å². The zero-order valence-corrected chi connectivity index (χ0v) is 11.0. The fourth-order valence-electron chi connectivity index (χ4n) is 2.34. The van der Waals surface area contributed by atoms with E-state index in [-0.39, 0.29) is 24.3 Å². The predicted octanol–water partition coefficient (Wildman–Crippen LogP) is 0.651. The molecule has 2 rings (SSSR count). The zero-order chi connectivity index (χ0) is 13.8. The van der Waals surface area contributed by atoms with Crippen LogP contribution in [0.15, 0.2) is 24.3 Å². The molecule has 2 atom stereocenters. The lowest BCUT2D eigenvalue weighted by molar-refractivity contribution is -0.125. The number of benzene rings is 1. The molecule has 19 heavy (non-hydrogen) atoms. The Morgan fingerprint density at radius 3 is 2.95 bits per heavy atom. The lowest BCUT2D eigenvalue weighted by Crippen LogP contribution is -2.43. The van der Waals surface area contributed by atoms with Crippen molar-refractivity contribution in [3.05, 3.63) is 29.8 Å². The second-order valence-corrected chi connectivity index (χ2v) is 5.02. The summed E-state index contributed by atoms with van der Waals surface area (Å²) in [4.78, 5) is 22.9. The third kappa shape index (κ3) is 3.47. The van der Waals surface area contributed by atoms with Crippen LogP contribution in [-0.4, -0.2) is 24.4 Å². The van der Waals surface area contributed by atoms with Crippen LogP contribution in [0.5, 0.6) is 0 Å². The lowest BCUT2D eigenvalue weighted by atomic mass is 9.93. The van der Waals surface area contributed by atoms with E-state index in [9.17, 15) is 9.59 Å². The molecule has 0 radical (unpaired) electrons. The number of hydrogen-bond acceptors (Lipinski definition) is 3. The first kappa shape index (κ1) is 13.4. The van der Waals surface area contributed by atoms with Crippen LogP contribution in [0.4, 0.5) is 5.69 Å². The summed E-state index contributed by atoms with van der Waals surface area (Å²) in [5.41, 5.74) is 7.35. The van der Waals surface area contributed by atoms with Crippen molar-refractivity contribution in [3.63, 3.8) is 0 Å². The number of amides is 2. The number of nitrogens with one attached hydrogen (secondary N) is 2. The van der Waals surface area contributed by atoms with Crippen molar-refractivity contribution >= 4 is 17.5 Å². The Morgan fingerprint density at radius 2 is 2.21 bits per heavy atom. The van der Waals surface area contributed by atoms with Gasteiger partial charge in [0, 0.05) is 24.7 Å². The van der Waals surface area contributed by atoms with Gasteiger partial charge in [-0.2, -0.15) is 0 Å². The second kappa shape index (κ2) is 5.73. The van der Waals surface area contributed by atoms with Crippen LogP contribution in [-0.2, 0) is 16.0 Å². The van der Waals surface area contributed by atoms with Gasteiger partial charge in [0.2, 0.25) is 11.8 Å². The molecule has 5 nitrogen and oxygen atoms in total. The summed E-state index contributed by atoms with van der Waals surface area (Å²) in [5.74, 6) is -0.541. The predicted molar refractivity (Wildman–Crippen MR) is 73.5 cm³/mol. The van der Waals surface area contributed by atoms with Gasteiger partial charge in [-0.05, 0) is 25.0 Å². The molecule has 0 saturated heterocycles. The number of carbonyl (C=O) groups is 2. The van der Waals surface area contributed by atoms with Gasteiger partial charge in [0.1, 0.15) is 0 Å². The Morgan fingerprint density at radius 1 is 1.47 bits per heavy atom. The zero-order valence-electron chi connectivity index (χ0n) is 11.0. The Labute approximate surface area is 112 Å². The molecule has 2 unspecified atom stereocenters. The molecule has 4 N–H and O–H groups in total. The molecule has 0 bridgehead atoms. The van der Waals surface area contributed by atoms with Crippen LogP contribution in [0.25, 0.3) is 0 Å². The van der Waals surface area contributed by atoms with E-state index in [0.29, 0.717) is 6.54 Å². The van der Waals surface area contributed by atoms with E-state index < -0.39 is 5.91 Å². The smallest absolute Gasteiger partial charge is 0.225 e. The molecule has 0 saturated carbocycles. The largest absolute Gasteiger partial charge is 0.384 e. The molecular formula is C14H19N3O2. The van der Waals surface area contributed by atoms with E-state index in [1.807, 2.05) is 24.3 Å². The molecule has 2 amide bonds. The molecule has 0 aromatic heterocycles. The fourth-order valence-corrected chi connectivity index (χ4v) is 2.34. The van der Waals surface area contributed by atoms with Gasteiger partial charge in [0.05, 0.1) is 5.92 Å². The highest BCUT2D eigenvalue weighted by Gasteiger charge is 2.25. The number of nitrogens with two attached hydrogens (primary N) is 1. The highest BCUT2D eigenvalue weighted by molar-refractivity contribution is 5.82. The summed E-state index contributed by atoms with van der Waals surface area (Å²) >= 11 is 0. The maximum Gasteiger partial charge on any atom is 0.225 e. The number of carbonyl (C=O) groups excluding carboxylic acids is 2. The molecule has 0 spiro atoms.